The minimum absolute atomic E-state index is 0.0761. The molecule has 1 rings (SSSR count). The smallest absolute Gasteiger partial charge is 0.396 e. The lowest BCUT2D eigenvalue weighted by Crippen LogP contribution is -2.38. The highest BCUT2D eigenvalue weighted by Crippen LogP contribution is 2.31. The summed E-state index contributed by atoms with van der Waals surface area (Å²) in [5.41, 5.74) is -1.02. The SMILES string of the molecule is CN(CCCO)S(=O)(=O)NCc1ccccc1C(F)(F)F. The topological polar surface area (TPSA) is 69.6 Å². The second kappa shape index (κ2) is 7.21. The van der Waals surface area contributed by atoms with Gasteiger partial charge in [-0.2, -0.15) is 30.6 Å². The normalized spacial score (nSPS) is 12.9. The van der Waals surface area contributed by atoms with Crippen LogP contribution < -0.4 is 4.72 Å². The van der Waals surface area contributed by atoms with Gasteiger partial charge in [0.15, 0.2) is 0 Å². The molecule has 0 aromatic heterocycles. The zero-order valence-electron chi connectivity index (χ0n) is 11.4. The van der Waals surface area contributed by atoms with Crippen LogP contribution in [0, 0.1) is 0 Å². The monoisotopic (exact) mass is 326 g/mol. The highest BCUT2D eigenvalue weighted by Gasteiger charge is 2.33. The van der Waals surface area contributed by atoms with Gasteiger partial charge in [-0.25, -0.2) is 0 Å². The lowest BCUT2D eigenvalue weighted by atomic mass is 10.1. The van der Waals surface area contributed by atoms with E-state index in [4.69, 9.17) is 5.11 Å². The number of hydrogen-bond acceptors (Lipinski definition) is 3. The number of nitrogens with one attached hydrogen (secondary N) is 1. The first kappa shape index (κ1) is 17.9. The first-order valence-electron chi connectivity index (χ1n) is 6.15. The molecule has 0 spiro atoms. The van der Waals surface area contributed by atoms with Crippen LogP contribution >= 0.6 is 0 Å². The van der Waals surface area contributed by atoms with Crippen molar-refractivity contribution in [2.45, 2.75) is 19.1 Å². The molecule has 0 fully saturated rings. The molecular formula is C12H17F3N2O3S. The predicted molar refractivity (Wildman–Crippen MR) is 71.5 cm³/mol. The van der Waals surface area contributed by atoms with E-state index in [9.17, 15) is 21.6 Å². The largest absolute Gasteiger partial charge is 0.416 e. The fourth-order valence-corrected chi connectivity index (χ4v) is 2.57. The van der Waals surface area contributed by atoms with Gasteiger partial charge in [0.05, 0.1) is 5.56 Å². The summed E-state index contributed by atoms with van der Waals surface area (Å²) in [6.07, 6.45) is -4.29. The van der Waals surface area contributed by atoms with Gasteiger partial charge in [0.2, 0.25) is 0 Å². The molecule has 0 saturated carbocycles. The molecule has 0 bridgehead atoms. The van der Waals surface area contributed by atoms with E-state index in [0.29, 0.717) is 0 Å². The van der Waals surface area contributed by atoms with E-state index in [2.05, 4.69) is 4.72 Å². The number of aliphatic hydroxyl groups excluding tert-OH is 1. The van der Waals surface area contributed by atoms with Crippen molar-refractivity contribution in [1.29, 1.82) is 0 Å². The van der Waals surface area contributed by atoms with Crippen molar-refractivity contribution in [1.82, 2.24) is 9.03 Å². The summed E-state index contributed by atoms with van der Waals surface area (Å²) >= 11 is 0. The number of alkyl halides is 3. The van der Waals surface area contributed by atoms with Crippen LogP contribution in [-0.4, -0.2) is 38.0 Å². The van der Waals surface area contributed by atoms with E-state index in [1.54, 1.807) is 0 Å². The Morgan fingerprint density at radius 3 is 2.48 bits per heavy atom. The van der Waals surface area contributed by atoms with Gasteiger partial charge in [-0.05, 0) is 18.1 Å². The molecule has 0 amide bonds. The molecule has 5 nitrogen and oxygen atoms in total. The third-order valence-electron chi connectivity index (χ3n) is 2.81. The number of halogens is 3. The first-order valence-corrected chi connectivity index (χ1v) is 7.59. The van der Waals surface area contributed by atoms with E-state index < -0.39 is 28.5 Å². The molecule has 21 heavy (non-hydrogen) atoms. The second-order valence-electron chi connectivity index (χ2n) is 4.38. The van der Waals surface area contributed by atoms with Crippen LogP contribution in [-0.2, 0) is 22.9 Å². The van der Waals surface area contributed by atoms with Crippen LogP contribution in [0.15, 0.2) is 24.3 Å². The zero-order valence-corrected chi connectivity index (χ0v) is 12.2. The molecule has 1 aromatic carbocycles. The Hall–Kier alpha value is -1.16. The molecule has 0 saturated heterocycles. The van der Waals surface area contributed by atoms with Crippen LogP contribution in [0.2, 0.25) is 0 Å². The first-order chi connectivity index (χ1) is 9.68. The van der Waals surface area contributed by atoms with Crippen molar-refractivity contribution in [2.75, 3.05) is 20.2 Å². The van der Waals surface area contributed by atoms with Crippen LogP contribution in [0.25, 0.3) is 0 Å². The molecule has 0 heterocycles. The molecule has 0 aliphatic rings. The van der Waals surface area contributed by atoms with E-state index in [0.717, 1.165) is 10.4 Å². The third kappa shape index (κ3) is 5.27. The lowest BCUT2D eigenvalue weighted by molar-refractivity contribution is -0.138. The summed E-state index contributed by atoms with van der Waals surface area (Å²) in [5.74, 6) is 0. The van der Waals surface area contributed by atoms with Gasteiger partial charge in [0, 0.05) is 26.7 Å². The van der Waals surface area contributed by atoms with E-state index in [-0.39, 0.29) is 25.1 Å². The maximum atomic E-state index is 12.8. The minimum atomic E-state index is -4.54. The molecule has 0 aliphatic carbocycles. The van der Waals surface area contributed by atoms with Gasteiger partial charge >= 0.3 is 6.18 Å². The van der Waals surface area contributed by atoms with E-state index in [1.807, 2.05) is 0 Å². The van der Waals surface area contributed by atoms with Gasteiger partial charge < -0.3 is 5.11 Å². The summed E-state index contributed by atoms with van der Waals surface area (Å²) in [5, 5.41) is 8.65. The average molecular weight is 326 g/mol. The number of benzene rings is 1. The quantitative estimate of drug-likeness (QED) is 0.795. The van der Waals surface area contributed by atoms with Crippen LogP contribution in [0.3, 0.4) is 0 Å². The maximum Gasteiger partial charge on any atom is 0.416 e. The van der Waals surface area contributed by atoms with E-state index in [1.165, 1.54) is 25.2 Å². The Kier molecular flexibility index (Phi) is 6.14. The molecule has 2 N–H and O–H groups in total. The molecular weight excluding hydrogens is 309 g/mol. The van der Waals surface area contributed by atoms with E-state index >= 15 is 0 Å². The van der Waals surface area contributed by atoms with Gasteiger partial charge in [0.1, 0.15) is 0 Å². The Balaban J connectivity index is 2.80. The van der Waals surface area contributed by atoms with Gasteiger partial charge in [-0.3, -0.25) is 0 Å². The highest BCUT2D eigenvalue weighted by molar-refractivity contribution is 7.87. The van der Waals surface area contributed by atoms with Crippen LogP contribution in [0.5, 0.6) is 0 Å². The fourth-order valence-electron chi connectivity index (χ4n) is 1.64. The van der Waals surface area contributed by atoms with Crippen LogP contribution in [0.1, 0.15) is 17.5 Å². The average Bonchev–Trinajstić information content (AvgIpc) is 2.41. The van der Waals surface area contributed by atoms with Crippen LogP contribution in [0.4, 0.5) is 13.2 Å². The summed E-state index contributed by atoms with van der Waals surface area (Å²) in [4.78, 5) is 0. The molecule has 0 unspecified atom stereocenters. The van der Waals surface area contributed by atoms with Crippen molar-refractivity contribution in [3.8, 4) is 0 Å². The molecule has 0 radical (unpaired) electrons. The predicted octanol–water partition coefficient (Wildman–Crippen LogP) is 1.35. The minimum Gasteiger partial charge on any atom is -0.396 e. The zero-order chi connectivity index (χ0) is 16.1. The Labute approximate surface area is 121 Å². The third-order valence-corrected chi connectivity index (χ3v) is 4.32. The number of aliphatic hydroxyl groups is 1. The maximum absolute atomic E-state index is 12.8. The second-order valence-corrected chi connectivity index (χ2v) is 6.24. The lowest BCUT2D eigenvalue weighted by Gasteiger charge is -2.18. The summed E-state index contributed by atoms with van der Waals surface area (Å²) < 4.78 is 65.0. The number of rotatable bonds is 7. The Morgan fingerprint density at radius 1 is 1.29 bits per heavy atom. The summed E-state index contributed by atoms with van der Waals surface area (Å²) in [7, 11) is -2.60. The standard InChI is InChI=1S/C12H17F3N2O3S/c1-17(7-4-8-18)21(19,20)16-9-10-5-2-3-6-11(10)12(13,14)15/h2-3,5-6,16,18H,4,7-9H2,1H3. The Bertz CT molecular complexity index is 561. The number of hydrogen-bond donors (Lipinski definition) is 2. The highest BCUT2D eigenvalue weighted by atomic mass is 32.2. The van der Waals surface area contributed by atoms with Crippen molar-refractivity contribution in [3.63, 3.8) is 0 Å². The molecule has 120 valence electrons. The molecule has 1 aromatic rings. The fraction of sp³-hybridized carbons (Fsp3) is 0.500. The Morgan fingerprint density at radius 2 is 1.90 bits per heavy atom. The number of nitrogens with zero attached hydrogens (tertiary/aromatic N) is 1. The van der Waals surface area contributed by atoms with Gasteiger partial charge in [0.25, 0.3) is 10.2 Å². The molecule has 0 atom stereocenters. The molecule has 9 heteroatoms. The molecule has 0 aliphatic heterocycles. The van der Waals surface area contributed by atoms with Crippen molar-refractivity contribution >= 4 is 10.2 Å². The van der Waals surface area contributed by atoms with Gasteiger partial charge in [-0.1, -0.05) is 18.2 Å². The summed E-state index contributed by atoms with van der Waals surface area (Å²) in [6.45, 7) is -0.551. The van der Waals surface area contributed by atoms with Gasteiger partial charge in [-0.15, -0.1) is 0 Å². The van der Waals surface area contributed by atoms with Crippen molar-refractivity contribution in [2.24, 2.45) is 0 Å². The van der Waals surface area contributed by atoms with Crippen molar-refractivity contribution < 1.29 is 26.7 Å². The summed E-state index contributed by atoms with van der Waals surface area (Å²) in [6, 6.07) is 4.78. The van der Waals surface area contributed by atoms with Crippen molar-refractivity contribution in [3.05, 3.63) is 35.4 Å².